The number of β-amino-alcohol motifs (C(OH)–C–C–N with tert-alkyl or cyclic N) is 1. The molecule has 3 aliphatic rings. The van der Waals surface area contributed by atoms with Gasteiger partial charge in [-0.3, -0.25) is 38.6 Å². The van der Waals surface area contributed by atoms with E-state index in [1.165, 1.54) is 17.0 Å². The van der Waals surface area contributed by atoms with Gasteiger partial charge in [0, 0.05) is 81.7 Å². The van der Waals surface area contributed by atoms with Crippen LogP contribution < -0.4 is 16.0 Å². The van der Waals surface area contributed by atoms with Crippen molar-refractivity contribution in [3.05, 3.63) is 107 Å². The number of fused-ring (bicyclic) bond motifs is 1. The molecule has 0 spiro atoms. The smallest absolute Gasteiger partial charge is 0.246 e. The van der Waals surface area contributed by atoms with Crippen LogP contribution in [0.25, 0.3) is 43.9 Å². The average Bonchev–Trinajstić information content (AvgIpc) is 4.18. The number of hydrogen-bond acceptors (Lipinski definition) is 14. The first-order chi connectivity index (χ1) is 36.6. The maximum absolute atomic E-state index is 15.5. The molecule has 4 N–H and O–H groups in total. The molecule has 3 fully saturated rings. The highest BCUT2D eigenvalue weighted by atomic mass is 32.1. The third-order valence-corrected chi connectivity index (χ3v) is 15.2. The number of aromatic nitrogens is 5. The standard InChI is InChI=1S/C55H65F2N11O7S/c1-34-51(76-33-61-34)36-10-8-35(9-11-36)25-60-53(72)47-24-40(69)29-67(47)54(73)52(55(2,3)4)64-49(71)32-75-19-14-58-48(70)31-65-15-12-39(13-16-65)68-28-38(26-62-68)46-27-59-45-7-5-6-41(50(45)63-46)37-22-43(56)42(44(57)23-37)30-66-17-20-74-21-18-66/h5-11,22-23,26-28,33,39-40,47,52,69H,12-21,24-25,29-32H2,1-4H3,(H,58,70)(H,60,72)(H,64,71)/t40-,47+,52-/m1/s1. The molecule has 6 aromatic rings. The summed E-state index contributed by atoms with van der Waals surface area (Å²) in [5.74, 6) is -2.80. The molecule has 3 aliphatic heterocycles. The molecule has 3 atom stereocenters. The molecule has 3 aromatic heterocycles. The summed E-state index contributed by atoms with van der Waals surface area (Å²) in [6.07, 6.45) is 6.02. The monoisotopic (exact) mass is 1060 g/mol. The van der Waals surface area contributed by atoms with Crippen LogP contribution >= 0.6 is 11.3 Å². The van der Waals surface area contributed by atoms with Crippen molar-refractivity contribution < 1.29 is 42.5 Å². The van der Waals surface area contributed by atoms with Crippen molar-refractivity contribution in [1.29, 1.82) is 0 Å². The summed E-state index contributed by atoms with van der Waals surface area (Å²) in [4.78, 5) is 73.9. The van der Waals surface area contributed by atoms with Gasteiger partial charge in [-0.25, -0.2) is 18.7 Å². The van der Waals surface area contributed by atoms with Gasteiger partial charge >= 0.3 is 0 Å². The first kappa shape index (κ1) is 54.2. The van der Waals surface area contributed by atoms with Crippen LogP contribution in [0.1, 0.15) is 62.9 Å². The predicted octanol–water partition coefficient (Wildman–Crippen LogP) is 5.28. The Morgan fingerprint density at radius 1 is 0.908 bits per heavy atom. The number of aliphatic hydroxyl groups is 1. The lowest BCUT2D eigenvalue weighted by atomic mass is 9.85. The number of nitrogens with zero attached hydrogens (tertiary/aromatic N) is 8. The van der Waals surface area contributed by atoms with E-state index in [-0.39, 0.29) is 69.9 Å². The minimum atomic E-state index is -1.01. The van der Waals surface area contributed by atoms with Gasteiger partial charge in [0.25, 0.3) is 0 Å². The Kier molecular flexibility index (Phi) is 17.2. The Bertz CT molecular complexity index is 3000. The molecule has 0 saturated carbocycles. The molecule has 3 aromatic carbocycles. The fraction of sp³-hybridized carbons (Fsp3) is 0.455. The highest BCUT2D eigenvalue weighted by molar-refractivity contribution is 7.13. The van der Waals surface area contributed by atoms with Crippen LogP contribution in [-0.2, 0) is 41.7 Å². The number of rotatable bonds is 18. The van der Waals surface area contributed by atoms with E-state index < -0.39 is 53.0 Å². The number of likely N-dealkylation sites (tertiary alicyclic amines) is 2. The van der Waals surface area contributed by atoms with Crippen LogP contribution in [-0.4, -0.2) is 159 Å². The van der Waals surface area contributed by atoms with Gasteiger partial charge in [0.15, 0.2) is 0 Å². The number of ether oxygens (including phenoxy) is 2. The zero-order valence-electron chi connectivity index (χ0n) is 43.3. The van der Waals surface area contributed by atoms with Crippen molar-refractivity contribution in [2.45, 2.75) is 84.3 Å². The van der Waals surface area contributed by atoms with Gasteiger partial charge in [-0.05, 0) is 60.1 Å². The molecule has 0 aliphatic carbocycles. The second kappa shape index (κ2) is 24.2. The highest BCUT2D eigenvalue weighted by Gasteiger charge is 2.44. The maximum atomic E-state index is 15.5. The molecular formula is C55H65F2N11O7S. The molecule has 3 saturated heterocycles. The number of thiazole rings is 1. The molecular weight excluding hydrogens is 997 g/mol. The maximum Gasteiger partial charge on any atom is 0.246 e. The third kappa shape index (κ3) is 13.1. The summed E-state index contributed by atoms with van der Waals surface area (Å²) in [5.41, 5.74) is 7.34. The van der Waals surface area contributed by atoms with E-state index in [0.717, 1.165) is 40.1 Å². The molecule has 4 amide bonds. The van der Waals surface area contributed by atoms with Crippen molar-refractivity contribution in [1.82, 2.24) is 55.4 Å². The topological polar surface area (TPSA) is 209 Å². The van der Waals surface area contributed by atoms with Crippen molar-refractivity contribution in [2.24, 2.45) is 5.41 Å². The summed E-state index contributed by atoms with van der Waals surface area (Å²) in [6.45, 7) is 11.5. The molecule has 18 nitrogen and oxygen atoms in total. The second-order valence-electron chi connectivity index (χ2n) is 20.8. The molecule has 0 unspecified atom stereocenters. The second-order valence-corrected chi connectivity index (χ2v) is 21.7. The summed E-state index contributed by atoms with van der Waals surface area (Å²) in [6, 6.07) is 14.1. The van der Waals surface area contributed by atoms with Gasteiger partial charge in [0.2, 0.25) is 23.6 Å². The number of amides is 4. The van der Waals surface area contributed by atoms with E-state index in [0.29, 0.717) is 67.2 Å². The summed E-state index contributed by atoms with van der Waals surface area (Å²) >= 11 is 1.56. The molecule has 0 bridgehead atoms. The number of piperidine rings is 1. The minimum absolute atomic E-state index is 0.0307. The van der Waals surface area contributed by atoms with Gasteiger partial charge < -0.3 is 35.4 Å². The van der Waals surface area contributed by atoms with Crippen LogP contribution in [0.15, 0.2) is 78.7 Å². The van der Waals surface area contributed by atoms with Crippen molar-refractivity contribution >= 4 is 46.0 Å². The largest absolute Gasteiger partial charge is 0.391 e. The Morgan fingerprint density at radius 3 is 2.37 bits per heavy atom. The first-order valence-electron chi connectivity index (χ1n) is 25.8. The van der Waals surface area contributed by atoms with Crippen LogP contribution in [0.5, 0.6) is 0 Å². The van der Waals surface area contributed by atoms with E-state index >= 15 is 8.78 Å². The fourth-order valence-corrected chi connectivity index (χ4v) is 10.8. The quantitative estimate of drug-likeness (QED) is 0.0810. The number of aliphatic hydroxyl groups excluding tert-OH is 1. The normalized spacial score (nSPS) is 18.2. The van der Waals surface area contributed by atoms with Crippen LogP contribution in [0.2, 0.25) is 0 Å². The fourth-order valence-electron chi connectivity index (χ4n) is 9.98. The molecule has 402 valence electrons. The molecule has 21 heteroatoms. The lowest BCUT2D eigenvalue weighted by molar-refractivity contribution is -0.144. The number of halogens is 2. The SMILES string of the molecule is Cc1ncsc1-c1ccc(CNC(=O)[C@@H]2C[C@@H](O)CN2C(=O)[C@@H](NC(=O)COCCNC(=O)CN2CCC(n3cc(-c4cnc5cccc(-c6cc(F)c(CN7CCOCC7)c(F)c6)c5n4)cn3)CC2)C(C)(C)C)cc1. The predicted molar refractivity (Wildman–Crippen MR) is 282 cm³/mol. The Morgan fingerprint density at radius 2 is 1.66 bits per heavy atom. The van der Waals surface area contributed by atoms with Crippen LogP contribution in [0.4, 0.5) is 8.78 Å². The zero-order valence-corrected chi connectivity index (χ0v) is 44.1. The third-order valence-electron chi connectivity index (χ3n) is 14.2. The number of hydrogen-bond donors (Lipinski definition) is 4. The number of aryl methyl sites for hydroxylation is 1. The van der Waals surface area contributed by atoms with Crippen LogP contribution in [0.3, 0.4) is 0 Å². The number of nitrogens with one attached hydrogen (secondary N) is 3. The lowest BCUT2D eigenvalue weighted by Crippen LogP contribution is -2.58. The number of para-hydroxylation sites is 1. The number of benzene rings is 3. The van der Waals surface area contributed by atoms with Gasteiger partial charge in [0.1, 0.15) is 30.3 Å². The van der Waals surface area contributed by atoms with Gasteiger partial charge in [-0.15, -0.1) is 11.3 Å². The van der Waals surface area contributed by atoms with E-state index in [9.17, 15) is 24.3 Å². The molecule has 6 heterocycles. The first-order valence-corrected chi connectivity index (χ1v) is 26.7. The lowest BCUT2D eigenvalue weighted by Gasteiger charge is -2.35. The molecule has 9 rings (SSSR count). The Labute approximate surface area is 444 Å². The van der Waals surface area contributed by atoms with E-state index in [4.69, 9.17) is 14.5 Å². The Balaban J connectivity index is 0.700. The van der Waals surface area contributed by atoms with Crippen molar-refractivity contribution in [3.8, 4) is 32.8 Å². The van der Waals surface area contributed by atoms with E-state index in [1.807, 2.05) is 73.8 Å². The Hall–Kier alpha value is -6.62. The average molecular weight is 1060 g/mol. The van der Waals surface area contributed by atoms with Crippen molar-refractivity contribution in [3.63, 3.8) is 0 Å². The van der Waals surface area contributed by atoms with Gasteiger partial charge in [0.05, 0.1) is 83.7 Å². The van der Waals surface area contributed by atoms with Crippen molar-refractivity contribution in [2.75, 3.05) is 72.2 Å². The van der Waals surface area contributed by atoms with Crippen LogP contribution in [0, 0.1) is 24.0 Å². The van der Waals surface area contributed by atoms with E-state index in [2.05, 4.69) is 35.9 Å². The molecule has 0 radical (unpaired) electrons. The highest BCUT2D eigenvalue weighted by Crippen LogP contribution is 2.33. The minimum Gasteiger partial charge on any atom is -0.391 e. The summed E-state index contributed by atoms with van der Waals surface area (Å²) < 4.78 is 43.8. The summed E-state index contributed by atoms with van der Waals surface area (Å²) in [5, 5.41) is 23.8. The number of carbonyl (C=O) groups is 4. The number of morpholine rings is 1. The van der Waals surface area contributed by atoms with Gasteiger partial charge in [-0.1, -0.05) is 57.2 Å². The molecule has 76 heavy (non-hydrogen) atoms. The van der Waals surface area contributed by atoms with E-state index in [1.54, 1.807) is 41.4 Å². The van der Waals surface area contributed by atoms with Gasteiger partial charge in [-0.2, -0.15) is 5.10 Å². The zero-order chi connectivity index (χ0) is 53.5. The summed E-state index contributed by atoms with van der Waals surface area (Å²) in [7, 11) is 0. The number of carbonyl (C=O) groups excluding carboxylic acids is 4.